The third-order valence-corrected chi connectivity index (χ3v) is 3.96. The molecule has 1 N–H and O–H groups in total. The van der Waals surface area contributed by atoms with Crippen molar-refractivity contribution in [3.63, 3.8) is 0 Å². The minimum Gasteiger partial charge on any atom is -0.495 e. The number of hydrogen-bond donors (Lipinski definition) is 1. The van der Waals surface area contributed by atoms with Gasteiger partial charge in [0.1, 0.15) is 11.3 Å². The lowest BCUT2D eigenvalue weighted by molar-refractivity contribution is -0.137. The van der Waals surface area contributed by atoms with E-state index in [-0.39, 0.29) is 22.6 Å². The number of carbonyl (C=O) groups excluding carboxylic acids is 1. The highest BCUT2D eigenvalue weighted by Crippen LogP contribution is 2.35. The first-order valence-electron chi connectivity index (χ1n) is 7.92. The maximum Gasteiger partial charge on any atom is 0.416 e. The molecule has 0 unspecified atom stereocenters. The first kappa shape index (κ1) is 19.3. The summed E-state index contributed by atoms with van der Waals surface area (Å²) in [5.41, 5.74) is -2.38. The Morgan fingerprint density at radius 1 is 1.04 bits per heavy atom. The molecule has 2 aromatic carbocycles. The van der Waals surface area contributed by atoms with Crippen LogP contribution in [0.5, 0.6) is 11.5 Å². The molecule has 0 atom stereocenters. The molecule has 1 amide bonds. The molecule has 0 fully saturated rings. The second-order valence-electron chi connectivity index (χ2n) is 5.69. The van der Waals surface area contributed by atoms with E-state index in [2.05, 4.69) is 5.32 Å². The fourth-order valence-electron chi connectivity index (χ4n) is 2.61. The van der Waals surface area contributed by atoms with Crippen LogP contribution in [-0.2, 0) is 6.18 Å². The number of para-hydroxylation sites is 1. The van der Waals surface area contributed by atoms with Crippen molar-refractivity contribution in [3.05, 3.63) is 64.0 Å². The number of carbonyl (C=O) groups is 1. The highest BCUT2D eigenvalue weighted by atomic mass is 19.4. The summed E-state index contributed by atoms with van der Waals surface area (Å²) < 4.78 is 54.1. The van der Waals surface area contributed by atoms with E-state index in [9.17, 15) is 22.8 Å². The summed E-state index contributed by atoms with van der Waals surface area (Å²) in [5.74, 6) is -0.620. The molecule has 146 valence electrons. The van der Waals surface area contributed by atoms with Gasteiger partial charge in [0.25, 0.3) is 5.91 Å². The fraction of sp³-hybridized carbons (Fsp3) is 0.158. The number of amides is 1. The highest BCUT2D eigenvalue weighted by Gasteiger charge is 2.31. The molecular formula is C19H14F3NO5. The molecule has 0 bridgehead atoms. The van der Waals surface area contributed by atoms with Crippen LogP contribution in [-0.4, -0.2) is 20.1 Å². The maximum absolute atomic E-state index is 12.9. The number of anilines is 1. The molecule has 0 saturated carbocycles. The van der Waals surface area contributed by atoms with Crippen molar-refractivity contribution in [3.8, 4) is 11.5 Å². The molecule has 1 aromatic heterocycles. The molecule has 0 aliphatic carbocycles. The summed E-state index contributed by atoms with van der Waals surface area (Å²) in [6, 6.07) is 8.72. The van der Waals surface area contributed by atoms with Gasteiger partial charge < -0.3 is 19.2 Å². The Bertz CT molecular complexity index is 1100. The quantitative estimate of drug-likeness (QED) is 0.676. The molecule has 6 nitrogen and oxygen atoms in total. The van der Waals surface area contributed by atoms with E-state index in [1.165, 1.54) is 20.3 Å². The van der Waals surface area contributed by atoms with Gasteiger partial charge >= 0.3 is 11.8 Å². The first-order valence-corrected chi connectivity index (χ1v) is 7.92. The van der Waals surface area contributed by atoms with E-state index in [1.54, 1.807) is 18.2 Å². The average Bonchev–Trinajstić information content (AvgIpc) is 2.66. The molecule has 3 rings (SSSR count). The predicted molar refractivity (Wildman–Crippen MR) is 95.0 cm³/mol. The smallest absolute Gasteiger partial charge is 0.416 e. The summed E-state index contributed by atoms with van der Waals surface area (Å²) in [6.45, 7) is 0. The van der Waals surface area contributed by atoms with Crippen molar-refractivity contribution >= 4 is 22.6 Å². The van der Waals surface area contributed by atoms with E-state index in [4.69, 9.17) is 13.9 Å². The van der Waals surface area contributed by atoms with E-state index in [0.29, 0.717) is 11.1 Å². The molecule has 0 aliphatic rings. The van der Waals surface area contributed by atoms with Gasteiger partial charge in [-0.25, -0.2) is 4.79 Å². The molecule has 1 heterocycles. The largest absolute Gasteiger partial charge is 0.495 e. The van der Waals surface area contributed by atoms with Crippen LogP contribution >= 0.6 is 0 Å². The van der Waals surface area contributed by atoms with Crippen LogP contribution in [0.25, 0.3) is 11.0 Å². The lowest BCUT2D eigenvalue weighted by atomic mass is 10.1. The average molecular weight is 393 g/mol. The zero-order valence-electron chi connectivity index (χ0n) is 14.7. The number of benzene rings is 2. The Hall–Kier alpha value is -3.49. The lowest BCUT2D eigenvalue weighted by Gasteiger charge is -2.13. The van der Waals surface area contributed by atoms with Crippen LogP contribution in [0, 0.1) is 0 Å². The van der Waals surface area contributed by atoms with Gasteiger partial charge in [-0.05, 0) is 30.3 Å². The maximum atomic E-state index is 12.9. The molecule has 0 aliphatic heterocycles. The summed E-state index contributed by atoms with van der Waals surface area (Å²) in [7, 11) is 2.64. The zero-order valence-corrected chi connectivity index (χ0v) is 14.7. The van der Waals surface area contributed by atoms with Crippen molar-refractivity contribution in [1.82, 2.24) is 0 Å². The fourth-order valence-corrected chi connectivity index (χ4v) is 2.61. The van der Waals surface area contributed by atoms with E-state index in [0.717, 1.165) is 18.2 Å². The van der Waals surface area contributed by atoms with Crippen molar-refractivity contribution in [2.45, 2.75) is 6.18 Å². The number of halogens is 3. The number of fused-ring (bicyclic) bond motifs is 1. The Balaban J connectivity index is 2.02. The summed E-state index contributed by atoms with van der Waals surface area (Å²) in [5, 5.41) is 2.69. The monoisotopic (exact) mass is 393 g/mol. The van der Waals surface area contributed by atoms with Gasteiger partial charge in [0, 0.05) is 5.39 Å². The Labute approximate surface area is 156 Å². The summed E-state index contributed by atoms with van der Waals surface area (Å²) >= 11 is 0. The molecule has 0 radical (unpaired) electrons. The second kappa shape index (κ2) is 7.26. The van der Waals surface area contributed by atoms with Crippen molar-refractivity contribution in [2.24, 2.45) is 0 Å². The van der Waals surface area contributed by atoms with Gasteiger partial charge in [-0.1, -0.05) is 12.1 Å². The second-order valence-corrected chi connectivity index (χ2v) is 5.69. The minimum atomic E-state index is -4.61. The molecule has 0 saturated heterocycles. The van der Waals surface area contributed by atoms with Gasteiger partial charge in [0.05, 0.1) is 25.5 Å². The van der Waals surface area contributed by atoms with Crippen molar-refractivity contribution in [1.29, 1.82) is 0 Å². The molecule has 0 spiro atoms. The topological polar surface area (TPSA) is 77.8 Å². The van der Waals surface area contributed by atoms with Crippen LogP contribution in [0.15, 0.2) is 51.7 Å². The number of hydrogen-bond acceptors (Lipinski definition) is 5. The van der Waals surface area contributed by atoms with Crippen LogP contribution in [0.2, 0.25) is 0 Å². The molecule has 3 aromatic rings. The number of methoxy groups -OCH3 is 2. The Morgan fingerprint density at radius 3 is 2.39 bits per heavy atom. The third kappa shape index (κ3) is 3.64. The summed E-state index contributed by atoms with van der Waals surface area (Å²) in [4.78, 5) is 24.7. The van der Waals surface area contributed by atoms with Gasteiger partial charge in [0.2, 0.25) is 0 Å². The van der Waals surface area contributed by atoms with Crippen LogP contribution in [0.1, 0.15) is 15.9 Å². The predicted octanol–water partition coefficient (Wildman–Crippen LogP) is 4.08. The normalized spacial score (nSPS) is 11.3. The lowest BCUT2D eigenvalue weighted by Crippen LogP contribution is -2.21. The van der Waals surface area contributed by atoms with Gasteiger partial charge in [-0.2, -0.15) is 13.2 Å². The Kier molecular flexibility index (Phi) is 5.00. The van der Waals surface area contributed by atoms with Gasteiger partial charge in [0.15, 0.2) is 11.3 Å². The highest BCUT2D eigenvalue weighted by molar-refractivity contribution is 6.06. The van der Waals surface area contributed by atoms with Gasteiger partial charge in [-0.15, -0.1) is 0 Å². The van der Waals surface area contributed by atoms with Crippen LogP contribution in [0.4, 0.5) is 18.9 Å². The van der Waals surface area contributed by atoms with Crippen molar-refractivity contribution < 1.29 is 31.9 Å². The summed E-state index contributed by atoms with van der Waals surface area (Å²) in [6.07, 6.45) is -4.61. The van der Waals surface area contributed by atoms with Gasteiger partial charge in [-0.3, -0.25) is 4.79 Å². The van der Waals surface area contributed by atoms with Crippen molar-refractivity contribution in [2.75, 3.05) is 19.5 Å². The number of rotatable bonds is 4. The SMILES string of the molecule is COc1ccc(C(F)(F)F)cc1NC(=O)c1cc2cccc(OC)c2oc1=O. The van der Waals surface area contributed by atoms with Crippen LogP contribution < -0.4 is 20.4 Å². The standard InChI is InChI=1S/C19H14F3NO5/c1-26-14-7-6-11(19(20,21)22)9-13(14)23-17(24)12-8-10-4-3-5-15(27-2)16(10)28-18(12)25/h3-9H,1-2H3,(H,23,24). The molecular weight excluding hydrogens is 379 g/mol. The van der Waals surface area contributed by atoms with E-state index in [1.807, 2.05) is 0 Å². The Morgan fingerprint density at radius 2 is 1.75 bits per heavy atom. The molecule has 9 heteroatoms. The number of ether oxygens (including phenoxy) is 2. The zero-order chi connectivity index (χ0) is 20.5. The number of alkyl halides is 3. The van der Waals surface area contributed by atoms with E-state index < -0.39 is 23.3 Å². The third-order valence-electron chi connectivity index (χ3n) is 3.96. The molecule has 28 heavy (non-hydrogen) atoms. The van der Waals surface area contributed by atoms with E-state index >= 15 is 0 Å². The first-order chi connectivity index (χ1) is 13.2. The van der Waals surface area contributed by atoms with Crippen LogP contribution in [0.3, 0.4) is 0 Å². The minimum absolute atomic E-state index is 0.00759. The number of nitrogens with one attached hydrogen (secondary N) is 1.